The second kappa shape index (κ2) is 12.9. The minimum Gasteiger partial charge on any atom is -0.493 e. The molecule has 0 saturated heterocycles. The summed E-state index contributed by atoms with van der Waals surface area (Å²) in [6, 6.07) is 13.4. The number of rotatable bonds is 12. The van der Waals surface area contributed by atoms with Gasteiger partial charge in [0.15, 0.2) is 17.6 Å². The van der Waals surface area contributed by atoms with Gasteiger partial charge in [0.1, 0.15) is 5.75 Å². The van der Waals surface area contributed by atoms with Gasteiger partial charge in [-0.05, 0) is 60.2 Å². The van der Waals surface area contributed by atoms with Crippen LogP contribution in [-0.2, 0) is 10.2 Å². The van der Waals surface area contributed by atoms with Crippen molar-refractivity contribution in [2.45, 2.75) is 71.8 Å². The number of nitrogens with zero attached hydrogens (tertiary/aromatic N) is 1. The minimum atomic E-state index is -0.680. The van der Waals surface area contributed by atoms with Crippen molar-refractivity contribution in [2.24, 2.45) is 5.10 Å². The summed E-state index contributed by atoms with van der Waals surface area (Å²) in [4.78, 5) is 12.3. The van der Waals surface area contributed by atoms with Gasteiger partial charge in [0.25, 0.3) is 5.91 Å². The predicted octanol–water partition coefficient (Wildman–Crippen LogP) is 5.87. The third-order valence-electron chi connectivity index (χ3n) is 5.23. The Morgan fingerprint density at radius 2 is 1.79 bits per heavy atom. The van der Waals surface area contributed by atoms with Gasteiger partial charge in [-0.2, -0.15) is 5.10 Å². The van der Waals surface area contributed by atoms with Crippen LogP contribution in [0, 0.1) is 0 Å². The van der Waals surface area contributed by atoms with Crippen LogP contribution in [-0.4, -0.2) is 31.9 Å². The fourth-order valence-electron chi connectivity index (χ4n) is 3.15. The van der Waals surface area contributed by atoms with Gasteiger partial charge in [-0.1, -0.05) is 59.1 Å². The molecule has 0 saturated carbocycles. The lowest BCUT2D eigenvalue weighted by atomic mass is 9.87. The number of hydrazone groups is 1. The van der Waals surface area contributed by atoms with E-state index < -0.39 is 6.10 Å². The van der Waals surface area contributed by atoms with Crippen LogP contribution in [0.15, 0.2) is 47.6 Å². The van der Waals surface area contributed by atoms with Gasteiger partial charge < -0.3 is 14.2 Å². The molecule has 0 radical (unpaired) electrons. The van der Waals surface area contributed by atoms with Gasteiger partial charge in [-0.25, -0.2) is 5.43 Å². The Labute approximate surface area is 198 Å². The molecule has 33 heavy (non-hydrogen) atoms. The Morgan fingerprint density at radius 3 is 2.42 bits per heavy atom. The normalized spacial score (nSPS) is 12.4. The van der Waals surface area contributed by atoms with Gasteiger partial charge in [-0.15, -0.1) is 0 Å². The fraction of sp³-hybridized carbons (Fsp3) is 0.481. The molecular weight excluding hydrogens is 416 g/mol. The number of carbonyl (C=O) groups excluding carboxylic acids is 1. The van der Waals surface area contributed by atoms with Gasteiger partial charge >= 0.3 is 0 Å². The van der Waals surface area contributed by atoms with Gasteiger partial charge in [-0.3, -0.25) is 4.79 Å². The van der Waals surface area contributed by atoms with Crippen molar-refractivity contribution in [3.8, 4) is 17.2 Å². The summed E-state index contributed by atoms with van der Waals surface area (Å²) in [6.07, 6.45) is 5.48. The van der Waals surface area contributed by atoms with E-state index in [2.05, 4.69) is 38.2 Å². The van der Waals surface area contributed by atoms with Crippen molar-refractivity contribution in [1.82, 2.24) is 5.43 Å². The highest BCUT2D eigenvalue weighted by Gasteiger charge is 2.16. The molecule has 0 bridgehead atoms. The van der Waals surface area contributed by atoms with Crippen LogP contribution < -0.4 is 19.6 Å². The first-order valence-electron chi connectivity index (χ1n) is 11.7. The summed E-state index contributed by atoms with van der Waals surface area (Å²) in [6.45, 7) is 11.0. The molecule has 0 aliphatic carbocycles. The topological polar surface area (TPSA) is 69.2 Å². The number of carbonyl (C=O) groups is 1. The second-order valence-electron chi connectivity index (χ2n) is 9.09. The van der Waals surface area contributed by atoms with Crippen LogP contribution in [0.3, 0.4) is 0 Å². The Bertz CT molecular complexity index is 901. The van der Waals surface area contributed by atoms with E-state index in [4.69, 9.17) is 14.2 Å². The summed E-state index contributed by atoms with van der Waals surface area (Å²) in [5.74, 6) is 1.65. The maximum atomic E-state index is 12.3. The van der Waals surface area contributed by atoms with E-state index >= 15 is 0 Å². The Balaban J connectivity index is 1.87. The largest absolute Gasteiger partial charge is 0.493 e. The van der Waals surface area contributed by atoms with Crippen molar-refractivity contribution < 1.29 is 19.0 Å². The number of methoxy groups -OCH3 is 1. The van der Waals surface area contributed by atoms with Crippen LogP contribution >= 0.6 is 0 Å². The molecule has 2 aromatic rings. The summed E-state index contributed by atoms with van der Waals surface area (Å²) < 4.78 is 17.0. The number of hydrogen-bond acceptors (Lipinski definition) is 5. The van der Waals surface area contributed by atoms with Crippen molar-refractivity contribution >= 4 is 12.1 Å². The second-order valence-corrected chi connectivity index (χ2v) is 9.09. The molecule has 0 aromatic heterocycles. The van der Waals surface area contributed by atoms with Crippen LogP contribution in [0.4, 0.5) is 0 Å². The van der Waals surface area contributed by atoms with E-state index in [1.165, 1.54) is 18.4 Å². The molecule has 2 rings (SSSR count). The molecule has 1 atom stereocenters. The van der Waals surface area contributed by atoms with E-state index in [-0.39, 0.29) is 11.3 Å². The molecule has 6 nitrogen and oxygen atoms in total. The smallest absolute Gasteiger partial charge is 0.280 e. The fourth-order valence-corrected chi connectivity index (χ4v) is 3.15. The quantitative estimate of drug-likeness (QED) is 0.247. The molecule has 1 unspecified atom stereocenters. The Hall–Kier alpha value is -3.02. The highest BCUT2D eigenvalue weighted by molar-refractivity contribution is 5.84. The number of benzene rings is 2. The standard InChI is InChI=1S/C27H38N2O4/c1-7-8-9-10-17-32-24-16-11-21(18-25(24)31-6)19-28-29-26(30)20(2)33-23-14-12-22(13-15-23)27(3,4)5/h11-16,18-20H,7-10,17H2,1-6H3,(H,29,30)/b28-19+. The molecule has 6 heteroatoms. The molecule has 0 fully saturated rings. The summed E-state index contributed by atoms with van der Waals surface area (Å²) in [7, 11) is 1.61. The maximum Gasteiger partial charge on any atom is 0.280 e. The molecule has 180 valence electrons. The number of amides is 1. The molecule has 1 N–H and O–H groups in total. The average Bonchev–Trinajstić information content (AvgIpc) is 2.79. The van der Waals surface area contributed by atoms with Gasteiger partial charge in [0.05, 0.1) is 19.9 Å². The first-order valence-corrected chi connectivity index (χ1v) is 11.7. The van der Waals surface area contributed by atoms with Crippen molar-refractivity contribution in [2.75, 3.05) is 13.7 Å². The molecule has 1 amide bonds. The molecule has 0 aliphatic heterocycles. The van der Waals surface area contributed by atoms with E-state index in [1.54, 1.807) is 20.2 Å². The first kappa shape index (κ1) is 26.2. The lowest BCUT2D eigenvalue weighted by Gasteiger charge is -2.20. The number of ether oxygens (including phenoxy) is 3. The SMILES string of the molecule is CCCCCCOc1ccc(/C=N/NC(=O)C(C)Oc2ccc(C(C)(C)C)cc2)cc1OC. The molecular formula is C27H38N2O4. The number of unbranched alkanes of at least 4 members (excludes halogenated alkanes) is 3. The maximum absolute atomic E-state index is 12.3. The summed E-state index contributed by atoms with van der Waals surface area (Å²) in [5.41, 5.74) is 4.59. The van der Waals surface area contributed by atoms with Gasteiger partial charge in [0.2, 0.25) is 0 Å². The van der Waals surface area contributed by atoms with Crippen LogP contribution in [0.5, 0.6) is 17.2 Å². The highest BCUT2D eigenvalue weighted by atomic mass is 16.5. The zero-order chi connectivity index (χ0) is 24.3. The van der Waals surface area contributed by atoms with Crippen molar-refractivity contribution in [3.05, 3.63) is 53.6 Å². The third-order valence-corrected chi connectivity index (χ3v) is 5.23. The number of hydrogen-bond donors (Lipinski definition) is 1. The minimum absolute atomic E-state index is 0.0673. The van der Waals surface area contributed by atoms with Crippen molar-refractivity contribution in [1.29, 1.82) is 0 Å². The third kappa shape index (κ3) is 8.79. The van der Waals surface area contributed by atoms with Crippen LogP contribution in [0.25, 0.3) is 0 Å². The van der Waals surface area contributed by atoms with Crippen LogP contribution in [0.1, 0.15) is 71.4 Å². The van der Waals surface area contributed by atoms with E-state index in [9.17, 15) is 4.79 Å². The first-order chi connectivity index (χ1) is 15.7. The highest BCUT2D eigenvalue weighted by Crippen LogP contribution is 2.28. The molecule has 0 aliphatic rings. The zero-order valence-electron chi connectivity index (χ0n) is 20.8. The molecule has 0 spiro atoms. The molecule has 2 aromatic carbocycles. The monoisotopic (exact) mass is 454 g/mol. The van der Waals surface area contributed by atoms with Gasteiger partial charge in [0, 0.05) is 0 Å². The Kier molecular flexibility index (Phi) is 10.2. The predicted molar refractivity (Wildman–Crippen MR) is 134 cm³/mol. The van der Waals surface area contributed by atoms with Crippen LogP contribution in [0.2, 0.25) is 0 Å². The van der Waals surface area contributed by atoms with E-state index in [0.29, 0.717) is 23.9 Å². The lowest BCUT2D eigenvalue weighted by molar-refractivity contribution is -0.127. The number of nitrogens with one attached hydrogen (secondary N) is 1. The molecule has 0 heterocycles. The lowest BCUT2D eigenvalue weighted by Crippen LogP contribution is -2.33. The van der Waals surface area contributed by atoms with E-state index in [0.717, 1.165) is 18.4 Å². The van der Waals surface area contributed by atoms with Crippen molar-refractivity contribution in [3.63, 3.8) is 0 Å². The summed E-state index contributed by atoms with van der Waals surface area (Å²) >= 11 is 0. The zero-order valence-corrected chi connectivity index (χ0v) is 20.8. The Morgan fingerprint density at radius 1 is 1.06 bits per heavy atom. The average molecular weight is 455 g/mol. The summed E-state index contributed by atoms with van der Waals surface area (Å²) in [5, 5.41) is 4.05. The van der Waals surface area contributed by atoms with E-state index in [1.807, 2.05) is 42.5 Å².